The molecule has 1 N–H and O–H groups in total. The number of thioether (sulfide) groups is 1. The molecule has 0 atom stereocenters. The number of carbonyl (C=O) groups is 1. The number of para-hydroxylation sites is 1. The third-order valence-electron chi connectivity index (χ3n) is 3.99. The summed E-state index contributed by atoms with van der Waals surface area (Å²) in [7, 11) is 0. The molecule has 0 fully saturated rings. The van der Waals surface area contributed by atoms with E-state index in [9.17, 15) is 4.79 Å². The molecule has 0 aliphatic carbocycles. The lowest BCUT2D eigenvalue weighted by atomic mass is 10.2. The number of amides is 1. The Morgan fingerprint density at radius 2 is 1.81 bits per heavy atom. The fourth-order valence-corrected chi connectivity index (χ4v) is 3.59. The van der Waals surface area contributed by atoms with Gasteiger partial charge in [-0.2, -0.15) is 0 Å². The second-order valence-corrected chi connectivity index (χ2v) is 6.84. The number of aromatic nitrogens is 3. The molecule has 5 nitrogen and oxygen atoms in total. The first-order valence-electron chi connectivity index (χ1n) is 8.42. The smallest absolute Gasteiger partial charge is 0.258 e. The van der Waals surface area contributed by atoms with Crippen molar-refractivity contribution in [3.8, 4) is 0 Å². The van der Waals surface area contributed by atoms with Gasteiger partial charge in [-0.15, -0.1) is 11.8 Å². The summed E-state index contributed by atoms with van der Waals surface area (Å²) in [5.74, 6) is 0.523. The van der Waals surface area contributed by atoms with Gasteiger partial charge >= 0.3 is 0 Å². The van der Waals surface area contributed by atoms with Crippen LogP contribution < -0.4 is 5.32 Å². The Bertz CT molecular complexity index is 1090. The van der Waals surface area contributed by atoms with Crippen LogP contribution in [-0.4, -0.2) is 20.9 Å². The predicted molar refractivity (Wildman–Crippen MR) is 108 cm³/mol. The van der Waals surface area contributed by atoms with Gasteiger partial charge in [-0.1, -0.05) is 18.2 Å². The topological polar surface area (TPSA) is 67.8 Å². The highest BCUT2D eigenvalue weighted by Crippen LogP contribution is 2.25. The SMILES string of the molecule is O=C(Nc1cnc2ccccc2c1)c1cccnc1SCc1ccncc1. The number of hydrogen-bond acceptors (Lipinski definition) is 5. The summed E-state index contributed by atoms with van der Waals surface area (Å²) in [6.45, 7) is 0. The third kappa shape index (κ3) is 4.12. The van der Waals surface area contributed by atoms with Crippen molar-refractivity contribution in [2.24, 2.45) is 0 Å². The van der Waals surface area contributed by atoms with Crippen LogP contribution in [0.2, 0.25) is 0 Å². The molecule has 3 aromatic heterocycles. The van der Waals surface area contributed by atoms with Crippen LogP contribution in [0.15, 0.2) is 84.4 Å². The highest BCUT2D eigenvalue weighted by atomic mass is 32.2. The van der Waals surface area contributed by atoms with Gasteiger partial charge in [0.05, 0.1) is 23.0 Å². The Labute approximate surface area is 160 Å². The van der Waals surface area contributed by atoms with Crippen molar-refractivity contribution in [3.63, 3.8) is 0 Å². The monoisotopic (exact) mass is 372 g/mol. The van der Waals surface area contributed by atoms with Crippen molar-refractivity contribution in [2.45, 2.75) is 10.8 Å². The van der Waals surface area contributed by atoms with Gasteiger partial charge < -0.3 is 5.32 Å². The lowest BCUT2D eigenvalue weighted by molar-refractivity contribution is 0.102. The van der Waals surface area contributed by atoms with Crippen LogP contribution in [0.4, 0.5) is 5.69 Å². The Balaban J connectivity index is 1.52. The van der Waals surface area contributed by atoms with Gasteiger partial charge in [0, 0.05) is 29.7 Å². The first-order chi connectivity index (χ1) is 13.3. The fraction of sp³-hybridized carbons (Fsp3) is 0.0476. The quantitative estimate of drug-likeness (QED) is 0.520. The van der Waals surface area contributed by atoms with E-state index in [0.29, 0.717) is 16.3 Å². The Kier molecular flexibility index (Phi) is 5.07. The van der Waals surface area contributed by atoms with E-state index in [1.54, 1.807) is 36.9 Å². The zero-order valence-corrected chi connectivity index (χ0v) is 15.2. The van der Waals surface area contributed by atoms with E-state index in [0.717, 1.165) is 22.2 Å². The third-order valence-corrected chi connectivity index (χ3v) is 5.07. The molecule has 132 valence electrons. The highest BCUT2D eigenvalue weighted by Gasteiger charge is 2.13. The van der Waals surface area contributed by atoms with Gasteiger partial charge in [0.1, 0.15) is 5.03 Å². The van der Waals surface area contributed by atoms with Gasteiger partial charge in [-0.25, -0.2) is 4.98 Å². The molecule has 0 radical (unpaired) electrons. The minimum atomic E-state index is -0.197. The van der Waals surface area contributed by atoms with Gasteiger partial charge in [0.15, 0.2) is 0 Å². The van der Waals surface area contributed by atoms with E-state index >= 15 is 0 Å². The number of nitrogens with zero attached hydrogens (tertiary/aromatic N) is 3. The van der Waals surface area contributed by atoms with Crippen molar-refractivity contribution >= 4 is 34.3 Å². The van der Waals surface area contributed by atoms with Crippen LogP contribution in [0.1, 0.15) is 15.9 Å². The number of carbonyl (C=O) groups excluding carboxylic acids is 1. The summed E-state index contributed by atoms with van der Waals surface area (Å²) >= 11 is 1.53. The van der Waals surface area contributed by atoms with Crippen molar-refractivity contribution in [3.05, 3.63) is 90.5 Å². The predicted octanol–water partition coefficient (Wildman–Crippen LogP) is 4.57. The number of nitrogens with one attached hydrogen (secondary N) is 1. The zero-order chi connectivity index (χ0) is 18.5. The van der Waals surface area contributed by atoms with Gasteiger partial charge in [-0.05, 0) is 42.0 Å². The Morgan fingerprint density at radius 1 is 0.963 bits per heavy atom. The molecule has 4 rings (SSSR count). The molecule has 0 saturated heterocycles. The lowest BCUT2D eigenvalue weighted by Gasteiger charge is -2.09. The van der Waals surface area contributed by atoms with Crippen molar-refractivity contribution in [2.75, 3.05) is 5.32 Å². The molecule has 4 aromatic rings. The molecule has 0 spiro atoms. The molecule has 6 heteroatoms. The summed E-state index contributed by atoms with van der Waals surface area (Å²) in [5, 5.41) is 4.60. The molecular weight excluding hydrogens is 356 g/mol. The average molecular weight is 372 g/mol. The molecular formula is C21H16N4OS. The van der Waals surface area contributed by atoms with Crippen LogP contribution in [0.5, 0.6) is 0 Å². The van der Waals surface area contributed by atoms with E-state index in [-0.39, 0.29) is 5.91 Å². The molecule has 0 unspecified atom stereocenters. The van der Waals surface area contributed by atoms with Crippen LogP contribution >= 0.6 is 11.8 Å². The largest absolute Gasteiger partial charge is 0.320 e. The molecule has 0 saturated carbocycles. The summed E-state index contributed by atoms with van der Waals surface area (Å²) in [4.78, 5) is 25.6. The summed E-state index contributed by atoms with van der Waals surface area (Å²) in [6, 6.07) is 17.2. The Morgan fingerprint density at radius 3 is 2.70 bits per heavy atom. The molecule has 1 amide bonds. The molecule has 0 bridgehead atoms. The van der Waals surface area contributed by atoms with E-state index in [1.807, 2.05) is 42.5 Å². The minimum absolute atomic E-state index is 0.197. The summed E-state index contributed by atoms with van der Waals surface area (Å²) in [5.41, 5.74) is 3.23. The number of pyridine rings is 3. The summed E-state index contributed by atoms with van der Waals surface area (Å²) in [6.07, 6.45) is 6.88. The van der Waals surface area contributed by atoms with Gasteiger partial charge in [-0.3, -0.25) is 14.8 Å². The Hall–Kier alpha value is -3.25. The van der Waals surface area contributed by atoms with Crippen molar-refractivity contribution < 1.29 is 4.79 Å². The average Bonchev–Trinajstić information content (AvgIpc) is 2.73. The van der Waals surface area contributed by atoms with E-state index in [2.05, 4.69) is 20.3 Å². The maximum Gasteiger partial charge on any atom is 0.258 e. The van der Waals surface area contributed by atoms with Crippen LogP contribution in [0.25, 0.3) is 10.9 Å². The normalized spacial score (nSPS) is 10.7. The highest BCUT2D eigenvalue weighted by molar-refractivity contribution is 7.98. The number of benzene rings is 1. The fourth-order valence-electron chi connectivity index (χ4n) is 2.65. The number of rotatable bonds is 5. The second kappa shape index (κ2) is 7.97. The van der Waals surface area contributed by atoms with Gasteiger partial charge in [0.25, 0.3) is 5.91 Å². The van der Waals surface area contributed by atoms with Gasteiger partial charge in [0.2, 0.25) is 0 Å². The number of hydrogen-bond donors (Lipinski definition) is 1. The van der Waals surface area contributed by atoms with Crippen molar-refractivity contribution in [1.82, 2.24) is 15.0 Å². The molecule has 0 aliphatic heterocycles. The first kappa shape index (κ1) is 17.2. The van der Waals surface area contributed by atoms with Crippen LogP contribution in [0, 0.1) is 0 Å². The first-order valence-corrected chi connectivity index (χ1v) is 9.41. The second-order valence-electron chi connectivity index (χ2n) is 5.87. The minimum Gasteiger partial charge on any atom is -0.320 e. The number of fused-ring (bicyclic) bond motifs is 1. The number of anilines is 1. The van der Waals surface area contributed by atoms with Crippen molar-refractivity contribution in [1.29, 1.82) is 0 Å². The molecule has 0 aliphatic rings. The van der Waals surface area contributed by atoms with Crippen LogP contribution in [0.3, 0.4) is 0 Å². The lowest BCUT2D eigenvalue weighted by Crippen LogP contribution is -2.13. The zero-order valence-electron chi connectivity index (χ0n) is 14.4. The van der Waals surface area contributed by atoms with E-state index in [4.69, 9.17) is 0 Å². The standard InChI is InChI=1S/C21H16N4OS/c26-20(25-17-12-16-4-1-2-6-19(16)24-13-17)18-5-3-9-23-21(18)27-14-15-7-10-22-11-8-15/h1-13H,14H2,(H,25,26). The maximum absolute atomic E-state index is 12.8. The maximum atomic E-state index is 12.8. The summed E-state index contributed by atoms with van der Waals surface area (Å²) < 4.78 is 0. The molecule has 3 heterocycles. The van der Waals surface area contributed by atoms with E-state index < -0.39 is 0 Å². The van der Waals surface area contributed by atoms with E-state index in [1.165, 1.54) is 11.8 Å². The molecule has 27 heavy (non-hydrogen) atoms. The molecule has 1 aromatic carbocycles. The van der Waals surface area contributed by atoms with Crippen LogP contribution in [-0.2, 0) is 5.75 Å².